The number of benzene rings is 2. The number of carbonyl (C=O) groups is 1. The monoisotopic (exact) mass is 398 g/mol. The standard InChI is InChI=1S/C22H26N2O3S/c25-22(16-23-12-10-19-8-4-5-9-20(19)15-23)24(14-18-6-2-1-3-7-18)21-11-13-28(26,27)17-21/h1-9,21H,10-17H2. The third kappa shape index (κ3) is 4.45. The molecule has 0 bridgehead atoms. The van der Waals surface area contributed by atoms with Gasteiger partial charge in [-0.05, 0) is 29.5 Å². The molecule has 0 radical (unpaired) electrons. The molecule has 6 heteroatoms. The van der Waals surface area contributed by atoms with E-state index in [1.54, 1.807) is 4.90 Å². The summed E-state index contributed by atoms with van der Waals surface area (Å²) in [5.41, 5.74) is 3.66. The van der Waals surface area contributed by atoms with Crippen LogP contribution in [-0.4, -0.2) is 54.8 Å². The fourth-order valence-corrected chi connectivity index (χ4v) is 5.92. The van der Waals surface area contributed by atoms with Gasteiger partial charge in [-0.1, -0.05) is 54.6 Å². The molecule has 2 aromatic carbocycles. The van der Waals surface area contributed by atoms with Crippen LogP contribution in [-0.2, 0) is 34.1 Å². The van der Waals surface area contributed by atoms with Gasteiger partial charge in [-0.2, -0.15) is 0 Å². The van der Waals surface area contributed by atoms with E-state index in [9.17, 15) is 13.2 Å². The molecule has 0 spiro atoms. The van der Waals surface area contributed by atoms with Gasteiger partial charge in [-0.25, -0.2) is 8.42 Å². The van der Waals surface area contributed by atoms with Crippen molar-refractivity contribution in [2.24, 2.45) is 0 Å². The van der Waals surface area contributed by atoms with Crippen molar-refractivity contribution in [2.75, 3.05) is 24.6 Å². The topological polar surface area (TPSA) is 57.7 Å². The van der Waals surface area contributed by atoms with Crippen LogP contribution in [0.25, 0.3) is 0 Å². The Morgan fingerprint density at radius 3 is 2.46 bits per heavy atom. The van der Waals surface area contributed by atoms with Crippen molar-refractivity contribution in [3.8, 4) is 0 Å². The number of hydrogen-bond donors (Lipinski definition) is 0. The molecule has 2 aliphatic rings. The second-order valence-electron chi connectivity index (χ2n) is 7.79. The van der Waals surface area contributed by atoms with E-state index >= 15 is 0 Å². The van der Waals surface area contributed by atoms with Gasteiger partial charge in [0.05, 0.1) is 18.1 Å². The molecule has 1 atom stereocenters. The zero-order chi connectivity index (χ0) is 19.6. The van der Waals surface area contributed by atoms with E-state index in [0.29, 0.717) is 19.5 Å². The predicted octanol–water partition coefficient (Wildman–Crippen LogP) is 2.26. The Morgan fingerprint density at radius 2 is 1.75 bits per heavy atom. The van der Waals surface area contributed by atoms with E-state index in [1.807, 2.05) is 36.4 Å². The molecule has 4 rings (SSSR count). The minimum atomic E-state index is -3.05. The van der Waals surface area contributed by atoms with Crippen molar-refractivity contribution in [1.82, 2.24) is 9.80 Å². The van der Waals surface area contributed by atoms with E-state index < -0.39 is 9.84 Å². The Hall–Kier alpha value is -2.18. The van der Waals surface area contributed by atoms with Crippen LogP contribution < -0.4 is 0 Å². The van der Waals surface area contributed by atoms with Gasteiger partial charge >= 0.3 is 0 Å². The van der Waals surface area contributed by atoms with Crippen LogP contribution in [0.15, 0.2) is 54.6 Å². The van der Waals surface area contributed by atoms with E-state index in [-0.39, 0.29) is 23.5 Å². The Bertz CT molecular complexity index is 943. The minimum Gasteiger partial charge on any atom is -0.333 e. The van der Waals surface area contributed by atoms with E-state index in [2.05, 4.69) is 23.1 Å². The Balaban J connectivity index is 1.48. The first-order chi connectivity index (χ1) is 13.5. The summed E-state index contributed by atoms with van der Waals surface area (Å²) in [6, 6.07) is 18.0. The van der Waals surface area contributed by atoms with E-state index in [0.717, 1.165) is 25.1 Å². The van der Waals surface area contributed by atoms with Crippen LogP contribution >= 0.6 is 0 Å². The lowest BCUT2D eigenvalue weighted by Crippen LogP contribution is -2.46. The lowest BCUT2D eigenvalue weighted by molar-refractivity contribution is -0.135. The Labute approximate surface area is 166 Å². The highest BCUT2D eigenvalue weighted by Gasteiger charge is 2.35. The van der Waals surface area contributed by atoms with Gasteiger partial charge in [0.1, 0.15) is 0 Å². The third-order valence-corrected chi connectivity index (χ3v) is 7.48. The normalized spacial score (nSPS) is 21.2. The van der Waals surface area contributed by atoms with E-state index in [1.165, 1.54) is 11.1 Å². The molecule has 5 nitrogen and oxygen atoms in total. The van der Waals surface area contributed by atoms with Crippen molar-refractivity contribution in [1.29, 1.82) is 0 Å². The molecule has 0 aliphatic carbocycles. The molecule has 0 saturated carbocycles. The van der Waals surface area contributed by atoms with E-state index in [4.69, 9.17) is 0 Å². The maximum Gasteiger partial charge on any atom is 0.237 e. The van der Waals surface area contributed by atoms with Crippen molar-refractivity contribution in [3.05, 3.63) is 71.3 Å². The molecule has 0 N–H and O–H groups in total. The number of nitrogens with zero attached hydrogens (tertiary/aromatic N) is 2. The Kier molecular flexibility index (Phi) is 5.51. The zero-order valence-corrected chi connectivity index (χ0v) is 16.8. The summed E-state index contributed by atoms with van der Waals surface area (Å²) in [4.78, 5) is 17.2. The maximum absolute atomic E-state index is 13.2. The number of fused-ring (bicyclic) bond motifs is 1. The first-order valence-electron chi connectivity index (χ1n) is 9.83. The first kappa shape index (κ1) is 19.2. The van der Waals surface area contributed by atoms with Crippen molar-refractivity contribution in [3.63, 3.8) is 0 Å². The van der Waals surface area contributed by atoms with Crippen LogP contribution in [0, 0.1) is 0 Å². The zero-order valence-electron chi connectivity index (χ0n) is 16.0. The molecule has 148 valence electrons. The van der Waals surface area contributed by atoms with Gasteiger partial charge in [0.2, 0.25) is 5.91 Å². The molecule has 2 aromatic rings. The number of carbonyl (C=O) groups excluding carboxylic acids is 1. The molecule has 2 aliphatic heterocycles. The van der Waals surface area contributed by atoms with Gasteiger partial charge in [0.15, 0.2) is 9.84 Å². The van der Waals surface area contributed by atoms with Gasteiger partial charge in [-0.15, -0.1) is 0 Å². The second kappa shape index (κ2) is 8.05. The number of sulfone groups is 1. The molecule has 1 amide bonds. The number of amides is 1. The van der Waals surface area contributed by atoms with Crippen LogP contribution in [0.4, 0.5) is 0 Å². The molecule has 1 saturated heterocycles. The largest absolute Gasteiger partial charge is 0.333 e. The van der Waals surface area contributed by atoms with Crippen LogP contribution in [0.5, 0.6) is 0 Å². The SMILES string of the molecule is O=C(CN1CCc2ccccc2C1)N(Cc1ccccc1)C1CCS(=O)(=O)C1. The maximum atomic E-state index is 13.2. The fourth-order valence-electron chi connectivity index (χ4n) is 4.19. The van der Waals surface area contributed by atoms with Gasteiger partial charge in [0.25, 0.3) is 0 Å². The second-order valence-corrected chi connectivity index (χ2v) is 10.0. The summed E-state index contributed by atoms with van der Waals surface area (Å²) in [6.45, 7) is 2.41. The molecular weight excluding hydrogens is 372 g/mol. The van der Waals surface area contributed by atoms with Crippen molar-refractivity contribution in [2.45, 2.75) is 32.0 Å². The summed E-state index contributed by atoms with van der Waals surface area (Å²) in [5, 5.41) is 0. The lowest BCUT2D eigenvalue weighted by atomic mass is 10.00. The molecule has 1 fully saturated rings. The van der Waals surface area contributed by atoms with Gasteiger partial charge in [-0.3, -0.25) is 9.69 Å². The highest BCUT2D eigenvalue weighted by Crippen LogP contribution is 2.22. The van der Waals surface area contributed by atoms with Crippen LogP contribution in [0.3, 0.4) is 0 Å². The molecule has 0 aromatic heterocycles. The average molecular weight is 399 g/mol. The summed E-state index contributed by atoms with van der Waals surface area (Å²) in [5.74, 6) is 0.271. The molecule has 1 unspecified atom stereocenters. The molecular formula is C22H26N2O3S. The predicted molar refractivity (Wildman–Crippen MR) is 109 cm³/mol. The van der Waals surface area contributed by atoms with Crippen molar-refractivity contribution >= 4 is 15.7 Å². The minimum absolute atomic E-state index is 0.0188. The summed E-state index contributed by atoms with van der Waals surface area (Å²) >= 11 is 0. The smallest absolute Gasteiger partial charge is 0.237 e. The average Bonchev–Trinajstić information content (AvgIpc) is 3.06. The van der Waals surface area contributed by atoms with Gasteiger partial charge < -0.3 is 4.90 Å². The molecule has 28 heavy (non-hydrogen) atoms. The highest BCUT2D eigenvalue weighted by atomic mass is 32.2. The van der Waals surface area contributed by atoms with Crippen molar-refractivity contribution < 1.29 is 13.2 Å². The summed E-state index contributed by atoms with van der Waals surface area (Å²) < 4.78 is 24.0. The summed E-state index contributed by atoms with van der Waals surface area (Å²) in [7, 11) is -3.05. The van der Waals surface area contributed by atoms with Crippen LogP contribution in [0.1, 0.15) is 23.1 Å². The highest BCUT2D eigenvalue weighted by molar-refractivity contribution is 7.91. The Morgan fingerprint density at radius 1 is 1.04 bits per heavy atom. The molecule has 2 heterocycles. The number of rotatable bonds is 5. The number of hydrogen-bond acceptors (Lipinski definition) is 4. The third-order valence-electron chi connectivity index (χ3n) is 5.73. The van der Waals surface area contributed by atoms with Gasteiger partial charge in [0, 0.05) is 25.7 Å². The fraction of sp³-hybridized carbons (Fsp3) is 0.409. The lowest BCUT2D eigenvalue weighted by Gasteiger charge is -2.33. The van der Waals surface area contributed by atoms with Crippen LogP contribution in [0.2, 0.25) is 0 Å². The summed E-state index contributed by atoms with van der Waals surface area (Å²) in [6.07, 6.45) is 1.48. The first-order valence-corrected chi connectivity index (χ1v) is 11.7. The quantitative estimate of drug-likeness (QED) is 0.775.